The molecule has 1 saturated heterocycles. The number of para-hydroxylation sites is 1. The minimum Gasteiger partial charge on any atom is -0.463 e. The summed E-state index contributed by atoms with van der Waals surface area (Å²) in [5, 5.41) is 12.3. The normalized spacial score (nSPS) is 31.4. The van der Waals surface area contributed by atoms with Crippen LogP contribution in [0.5, 0.6) is 0 Å². The molecule has 1 N–H and O–H groups in total. The van der Waals surface area contributed by atoms with E-state index in [0.717, 1.165) is 30.7 Å². The number of ether oxygens (including phenoxy) is 1. The molecule has 1 fully saturated rings. The van der Waals surface area contributed by atoms with Crippen LogP contribution in [-0.2, 0) is 21.5 Å². The zero-order valence-electron chi connectivity index (χ0n) is 15.2. The fraction of sp³-hybridized carbons (Fsp3) is 0.476. The fourth-order valence-corrected chi connectivity index (χ4v) is 5.63. The molecule has 0 aliphatic carbocycles. The smallest absolute Gasteiger partial charge is 0.302 e. The van der Waals surface area contributed by atoms with Crippen LogP contribution in [0.3, 0.4) is 0 Å². The van der Waals surface area contributed by atoms with Crippen molar-refractivity contribution in [3.63, 3.8) is 0 Å². The lowest BCUT2D eigenvalue weighted by atomic mass is 9.72. The second kappa shape index (κ2) is 5.44. The summed E-state index contributed by atoms with van der Waals surface area (Å²) >= 11 is 0. The predicted molar refractivity (Wildman–Crippen MR) is 98.6 cm³/mol. The molecule has 3 aliphatic rings. The van der Waals surface area contributed by atoms with Crippen LogP contribution in [0.15, 0.2) is 35.9 Å². The van der Waals surface area contributed by atoms with Crippen molar-refractivity contribution in [2.24, 2.45) is 5.92 Å². The molecule has 0 bridgehead atoms. The van der Waals surface area contributed by atoms with Gasteiger partial charge in [-0.05, 0) is 25.0 Å². The Morgan fingerprint density at radius 1 is 1.42 bits per heavy atom. The first kappa shape index (κ1) is 16.1. The van der Waals surface area contributed by atoms with Crippen LogP contribution in [-0.4, -0.2) is 40.2 Å². The van der Waals surface area contributed by atoms with Gasteiger partial charge in [0, 0.05) is 43.4 Å². The van der Waals surface area contributed by atoms with Gasteiger partial charge in [0.25, 0.3) is 0 Å². The maximum Gasteiger partial charge on any atom is 0.302 e. The third kappa shape index (κ3) is 1.85. The first-order chi connectivity index (χ1) is 12.6. The molecule has 3 atom stereocenters. The van der Waals surface area contributed by atoms with Crippen molar-refractivity contribution in [1.29, 1.82) is 0 Å². The number of fused-ring (bicyclic) bond motifs is 3. The minimum atomic E-state index is -0.549. The van der Waals surface area contributed by atoms with Gasteiger partial charge in [-0.3, -0.25) is 9.69 Å². The van der Waals surface area contributed by atoms with Gasteiger partial charge in [-0.15, -0.1) is 0 Å². The van der Waals surface area contributed by atoms with Gasteiger partial charge in [0.15, 0.2) is 0 Å². The Bertz CT molecular complexity index is 944. The number of hydrogen-bond donors (Lipinski definition) is 1. The molecule has 0 unspecified atom stereocenters. The summed E-state index contributed by atoms with van der Waals surface area (Å²) in [6.07, 6.45) is 3.25. The van der Waals surface area contributed by atoms with Gasteiger partial charge in [0.1, 0.15) is 18.4 Å². The number of esters is 1. The van der Waals surface area contributed by atoms with Crippen molar-refractivity contribution < 1.29 is 14.6 Å². The van der Waals surface area contributed by atoms with Crippen LogP contribution >= 0.6 is 0 Å². The highest BCUT2D eigenvalue weighted by Gasteiger charge is 2.60. The summed E-state index contributed by atoms with van der Waals surface area (Å²) in [4.78, 5) is 14.1. The largest absolute Gasteiger partial charge is 0.463 e. The number of allylic oxidation sites excluding steroid dienone is 1. The molecular weight excluding hydrogens is 328 g/mol. The van der Waals surface area contributed by atoms with E-state index in [0.29, 0.717) is 13.0 Å². The number of aromatic nitrogens is 1. The van der Waals surface area contributed by atoms with E-state index >= 15 is 0 Å². The quantitative estimate of drug-likeness (QED) is 0.667. The first-order valence-corrected chi connectivity index (χ1v) is 9.41. The predicted octanol–water partition coefficient (Wildman–Crippen LogP) is 2.73. The zero-order chi connectivity index (χ0) is 18.1. The monoisotopic (exact) mass is 352 g/mol. The van der Waals surface area contributed by atoms with Gasteiger partial charge in [-0.25, -0.2) is 0 Å². The fourth-order valence-electron chi connectivity index (χ4n) is 5.63. The summed E-state index contributed by atoms with van der Waals surface area (Å²) in [5.74, 6) is -0.0689. The van der Waals surface area contributed by atoms with Crippen LogP contribution < -0.4 is 0 Å². The van der Waals surface area contributed by atoms with Crippen LogP contribution in [0, 0.1) is 5.92 Å². The molecule has 0 amide bonds. The summed E-state index contributed by atoms with van der Waals surface area (Å²) in [7, 11) is 0. The van der Waals surface area contributed by atoms with Crippen LogP contribution in [0.25, 0.3) is 10.9 Å². The van der Waals surface area contributed by atoms with Crippen LogP contribution in [0.1, 0.15) is 37.8 Å². The number of nitrogens with zero attached hydrogens (tertiary/aromatic N) is 2. The summed E-state index contributed by atoms with van der Waals surface area (Å²) in [5.41, 5.74) is 4.54. The molecule has 3 aliphatic heterocycles. The maximum atomic E-state index is 11.7. The lowest BCUT2D eigenvalue weighted by molar-refractivity contribution is -0.148. The van der Waals surface area contributed by atoms with Crippen LogP contribution in [0.2, 0.25) is 0 Å². The minimum absolute atomic E-state index is 0.178. The molecule has 4 heterocycles. The molecule has 0 radical (unpaired) electrons. The maximum absolute atomic E-state index is 11.7. The molecule has 0 spiro atoms. The van der Waals surface area contributed by atoms with Crippen LogP contribution in [0.4, 0.5) is 0 Å². The molecule has 136 valence electrons. The summed E-state index contributed by atoms with van der Waals surface area (Å²) in [6.45, 7) is 5.73. The molecule has 5 heteroatoms. The number of benzene rings is 1. The summed E-state index contributed by atoms with van der Waals surface area (Å²) in [6, 6.07) is 8.33. The Morgan fingerprint density at radius 3 is 3.00 bits per heavy atom. The Hall–Kier alpha value is -2.11. The third-order valence-electron chi connectivity index (χ3n) is 6.63. The van der Waals surface area contributed by atoms with E-state index in [4.69, 9.17) is 4.74 Å². The van der Waals surface area contributed by atoms with E-state index in [2.05, 4.69) is 40.7 Å². The van der Waals surface area contributed by atoms with Gasteiger partial charge >= 0.3 is 5.97 Å². The topological polar surface area (TPSA) is 54.7 Å². The Kier molecular flexibility index (Phi) is 3.37. The van der Waals surface area contributed by atoms with Gasteiger partial charge in [-0.1, -0.05) is 29.8 Å². The van der Waals surface area contributed by atoms with Crippen molar-refractivity contribution in [2.75, 3.05) is 19.7 Å². The summed E-state index contributed by atoms with van der Waals surface area (Å²) < 4.78 is 7.73. The van der Waals surface area contributed by atoms with E-state index in [-0.39, 0.29) is 17.4 Å². The van der Waals surface area contributed by atoms with E-state index in [1.165, 1.54) is 23.4 Å². The molecule has 0 saturated carbocycles. The van der Waals surface area contributed by atoms with E-state index in [9.17, 15) is 9.90 Å². The zero-order valence-corrected chi connectivity index (χ0v) is 15.2. The van der Waals surface area contributed by atoms with Crippen molar-refractivity contribution in [1.82, 2.24) is 9.47 Å². The molecule has 26 heavy (non-hydrogen) atoms. The molecule has 1 aromatic heterocycles. The van der Waals surface area contributed by atoms with Gasteiger partial charge in [0.05, 0.1) is 5.52 Å². The molecule has 5 rings (SSSR count). The van der Waals surface area contributed by atoms with Gasteiger partial charge in [0.2, 0.25) is 0 Å². The van der Waals surface area contributed by atoms with E-state index in [1.54, 1.807) is 0 Å². The lowest BCUT2D eigenvalue weighted by Crippen LogP contribution is -2.56. The van der Waals surface area contributed by atoms with Gasteiger partial charge < -0.3 is 14.4 Å². The lowest BCUT2D eigenvalue weighted by Gasteiger charge is -2.49. The highest BCUT2D eigenvalue weighted by Crippen LogP contribution is 2.57. The molecule has 5 nitrogen and oxygen atoms in total. The van der Waals surface area contributed by atoms with Crippen molar-refractivity contribution >= 4 is 16.9 Å². The Morgan fingerprint density at radius 2 is 2.23 bits per heavy atom. The Labute approximate surface area is 152 Å². The molecule has 1 aromatic carbocycles. The standard InChI is InChI=1S/C21H24N2O3/c1-3-14-11-22-9-8-16-15-6-4-5-7-18(15)23-19(25)10-17(14)21(22,20(16)23)12-26-13(2)24/h3-7,17,19,25H,8-12H2,1-2H3/b14-3-/t17-,19+,21+/m0/s1. The SMILES string of the molecule is C/C=C1/CN2CCc3c4n(c5ccccc35)[C@H](O)C[C@@H]1[C@]42COC(C)=O. The number of rotatable bonds is 2. The highest BCUT2D eigenvalue weighted by molar-refractivity contribution is 5.87. The second-order valence-electron chi connectivity index (χ2n) is 7.72. The van der Waals surface area contributed by atoms with Gasteiger partial charge in [-0.2, -0.15) is 0 Å². The number of aliphatic hydroxyl groups excluding tert-OH is 1. The van der Waals surface area contributed by atoms with E-state index in [1.807, 2.05) is 6.07 Å². The average Bonchev–Trinajstić information content (AvgIpc) is 3.13. The third-order valence-corrected chi connectivity index (χ3v) is 6.63. The Balaban J connectivity index is 1.83. The number of hydrogen-bond acceptors (Lipinski definition) is 4. The van der Waals surface area contributed by atoms with Crippen molar-refractivity contribution in [2.45, 2.75) is 38.5 Å². The number of carbonyl (C=O) groups excluding carboxylic acids is 1. The first-order valence-electron chi connectivity index (χ1n) is 9.41. The number of aliphatic hydroxyl groups is 1. The highest BCUT2D eigenvalue weighted by atomic mass is 16.5. The number of carbonyl (C=O) groups is 1. The molecular formula is C21H24N2O3. The molecule has 2 aromatic rings. The average molecular weight is 352 g/mol. The second-order valence-corrected chi connectivity index (χ2v) is 7.72. The van der Waals surface area contributed by atoms with Crippen molar-refractivity contribution in [3.8, 4) is 0 Å². The van der Waals surface area contributed by atoms with E-state index < -0.39 is 6.23 Å². The van der Waals surface area contributed by atoms with Crippen molar-refractivity contribution in [3.05, 3.63) is 47.2 Å².